The maximum atomic E-state index is 12.5. The smallest absolute Gasteiger partial charge is 0.275 e. The number of anilines is 3. The Bertz CT molecular complexity index is 982. The number of amides is 1. The average molecular weight is 416 g/mol. The van der Waals surface area contributed by atoms with Gasteiger partial charge in [0.15, 0.2) is 5.13 Å². The first-order chi connectivity index (χ1) is 13.3. The molecule has 1 aromatic carbocycles. The van der Waals surface area contributed by atoms with Gasteiger partial charge in [0.25, 0.3) is 5.91 Å². The summed E-state index contributed by atoms with van der Waals surface area (Å²) in [4.78, 5) is 25.8. The van der Waals surface area contributed by atoms with Gasteiger partial charge in [0, 0.05) is 17.1 Å². The molecule has 0 aliphatic heterocycles. The summed E-state index contributed by atoms with van der Waals surface area (Å²) in [5.74, 6) is 1.57. The number of thiazole rings is 1. The van der Waals surface area contributed by atoms with Gasteiger partial charge in [0.1, 0.15) is 17.3 Å². The molecule has 8 heteroatoms. The molecule has 0 saturated carbocycles. The van der Waals surface area contributed by atoms with Crippen molar-refractivity contribution in [3.8, 4) is 0 Å². The molecule has 0 saturated heterocycles. The molecule has 28 heavy (non-hydrogen) atoms. The van der Waals surface area contributed by atoms with Gasteiger partial charge in [-0.05, 0) is 37.8 Å². The number of nitrogens with zero attached hydrogens (tertiary/aromatic N) is 3. The number of benzene rings is 1. The zero-order valence-corrected chi connectivity index (χ0v) is 17.8. The minimum Gasteiger partial charge on any atom is -0.319 e. The Balaban J connectivity index is 1.74. The van der Waals surface area contributed by atoms with Crippen LogP contribution < -0.4 is 10.6 Å². The zero-order chi connectivity index (χ0) is 20.3. The number of carbonyl (C=O) groups is 1. The third-order valence-electron chi connectivity index (χ3n) is 3.94. The van der Waals surface area contributed by atoms with Gasteiger partial charge in [-0.3, -0.25) is 4.79 Å². The van der Waals surface area contributed by atoms with Gasteiger partial charge in [0.2, 0.25) is 0 Å². The van der Waals surface area contributed by atoms with Crippen LogP contribution in [0.25, 0.3) is 0 Å². The lowest BCUT2D eigenvalue weighted by Crippen LogP contribution is -2.13. The quantitative estimate of drug-likeness (QED) is 0.563. The SMILES string of the molecule is Cc1nc(CC(C)C)cc(Nc2nc(C(=O)Nc3c(C)cccc3Cl)cs2)n1. The van der Waals surface area contributed by atoms with Gasteiger partial charge in [-0.25, -0.2) is 15.0 Å². The van der Waals surface area contributed by atoms with Crippen LogP contribution in [0.4, 0.5) is 16.6 Å². The molecule has 0 atom stereocenters. The molecule has 3 rings (SSSR count). The molecule has 146 valence electrons. The number of hydrogen-bond acceptors (Lipinski definition) is 6. The highest BCUT2D eigenvalue weighted by atomic mass is 35.5. The van der Waals surface area contributed by atoms with Crippen LogP contribution in [-0.4, -0.2) is 20.9 Å². The van der Waals surface area contributed by atoms with Crippen molar-refractivity contribution in [2.24, 2.45) is 5.92 Å². The van der Waals surface area contributed by atoms with E-state index >= 15 is 0 Å². The van der Waals surface area contributed by atoms with Crippen LogP contribution >= 0.6 is 22.9 Å². The van der Waals surface area contributed by atoms with Crippen LogP contribution in [0, 0.1) is 19.8 Å². The van der Waals surface area contributed by atoms with Gasteiger partial charge in [-0.1, -0.05) is 37.6 Å². The van der Waals surface area contributed by atoms with Crippen molar-refractivity contribution in [1.29, 1.82) is 0 Å². The van der Waals surface area contributed by atoms with Gasteiger partial charge in [-0.15, -0.1) is 11.3 Å². The number of aromatic nitrogens is 3. The monoisotopic (exact) mass is 415 g/mol. The van der Waals surface area contributed by atoms with Crippen LogP contribution in [-0.2, 0) is 6.42 Å². The molecule has 0 aliphatic rings. The van der Waals surface area contributed by atoms with Crippen LogP contribution in [0.5, 0.6) is 0 Å². The molecular formula is C20H22ClN5OS. The number of carbonyl (C=O) groups excluding carboxylic acids is 1. The number of rotatable bonds is 6. The number of para-hydroxylation sites is 1. The average Bonchev–Trinajstić information content (AvgIpc) is 3.05. The van der Waals surface area contributed by atoms with Crippen molar-refractivity contribution >= 4 is 45.5 Å². The van der Waals surface area contributed by atoms with Crippen molar-refractivity contribution in [1.82, 2.24) is 15.0 Å². The van der Waals surface area contributed by atoms with Gasteiger partial charge in [-0.2, -0.15) is 0 Å². The highest BCUT2D eigenvalue weighted by Crippen LogP contribution is 2.27. The fraction of sp³-hybridized carbons (Fsp3) is 0.300. The summed E-state index contributed by atoms with van der Waals surface area (Å²) in [7, 11) is 0. The lowest BCUT2D eigenvalue weighted by atomic mass is 10.1. The second-order valence-corrected chi connectivity index (χ2v) is 8.20. The lowest BCUT2D eigenvalue weighted by Gasteiger charge is -2.09. The maximum Gasteiger partial charge on any atom is 0.275 e. The molecule has 0 radical (unpaired) electrons. The molecule has 2 aromatic heterocycles. The van der Waals surface area contributed by atoms with E-state index in [1.807, 2.05) is 32.0 Å². The van der Waals surface area contributed by atoms with Gasteiger partial charge >= 0.3 is 0 Å². The molecule has 0 unspecified atom stereocenters. The third-order valence-corrected chi connectivity index (χ3v) is 5.01. The minimum absolute atomic E-state index is 0.306. The van der Waals surface area contributed by atoms with Crippen LogP contribution in [0.3, 0.4) is 0 Å². The van der Waals surface area contributed by atoms with E-state index in [0.717, 1.165) is 17.7 Å². The summed E-state index contributed by atoms with van der Waals surface area (Å²) < 4.78 is 0. The Labute approximate surface area is 173 Å². The van der Waals surface area contributed by atoms with E-state index in [-0.39, 0.29) is 5.91 Å². The minimum atomic E-state index is -0.306. The standard InChI is InChI=1S/C20H22ClN5OS/c1-11(2)8-14-9-17(23-13(4)22-14)25-20-24-16(10-28-20)19(27)26-18-12(3)6-5-7-15(18)21/h5-7,9-11H,8H2,1-4H3,(H,26,27)(H,22,23,24,25). The van der Waals surface area contributed by atoms with E-state index in [1.54, 1.807) is 11.4 Å². The van der Waals surface area contributed by atoms with Crippen molar-refractivity contribution in [2.45, 2.75) is 34.1 Å². The summed E-state index contributed by atoms with van der Waals surface area (Å²) >= 11 is 7.52. The van der Waals surface area contributed by atoms with Crippen LogP contribution in [0.15, 0.2) is 29.6 Å². The largest absolute Gasteiger partial charge is 0.319 e. The summed E-state index contributed by atoms with van der Waals surface area (Å²) in [6.45, 7) is 8.05. The molecular weight excluding hydrogens is 394 g/mol. The van der Waals surface area contributed by atoms with Crippen molar-refractivity contribution in [3.63, 3.8) is 0 Å². The predicted octanol–water partition coefficient (Wildman–Crippen LogP) is 5.40. The lowest BCUT2D eigenvalue weighted by molar-refractivity contribution is 0.102. The normalized spacial score (nSPS) is 10.9. The van der Waals surface area contributed by atoms with E-state index in [9.17, 15) is 4.79 Å². The Hall–Kier alpha value is -2.51. The second-order valence-electron chi connectivity index (χ2n) is 6.94. The first kappa shape index (κ1) is 20.2. The Kier molecular flexibility index (Phi) is 6.26. The van der Waals surface area contributed by atoms with Crippen molar-refractivity contribution in [3.05, 3.63) is 57.4 Å². The highest BCUT2D eigenvalue weighted by molar-refractivity contribution is 7.14. The van der Waals surface area contributed by atoms with Gasteiger partial charge in [0.05, 0.1) is 10.7 Å². The Morgan fingerprint density at radius 1 is 1.21 bits per heavy atom. The highest BCUT2D eigenvalue weighted by Gasteiger charge is 2.14. The van der Waals surface area contributed by atoms with E-state index in [4.69, 9.17) is 11.6 Å². The van der Waals surface area contributed by atoms with Crippen molar-refractivity contribution in [2.75, 3.05) is 10.6 Å². The van der Waals surface area contributed by atoms with E-state index in [2.05, 4.69) is 39.4 Å². The topological polar surface area (TPSA) is 79.8 Å². The van der Waals surface area contributed by atoms with E-state index < -0.39 is 0 Å². The summed E-state index contributed by atoms with van der Waals surface area (Å²) in [5.41, 5.74) is 2.79. The summed E-state index contributed by atoms with van der Waals surface area (Å²) in [6, 6.07) is 7.39. The molecule has 0 bridgehead atoms. The second kappa shape index (κ2) is 8.67. The summed E-state index contributed by atoms with van der Waals surface area (Å²) in [6.07, 6.45) is 0.876. The number of halogens is 1. The fourth-order valence-electron chi connectivity index (χ4n) is 2.73. The number of hydrogen-bond donors (Lipinski definition) is 2. The Morgan fingerprint density at radius 3 is 2.71 bits per heavy atom. The third kappa shape index (κ3) is 5.05. The molecule has 1 amide bonds. The molecule has 2 N–H and O–H groups in total. The molecule has 0 aliphatic carbocycles. The van der Waals surface area contributed by atoms with Crippen molar-refractivity contribution < 1.29 is 4.79 Å². The maximum absolute atomic E-state index is 12.5. The first-order valence-corrected chi connectivity index (χ1v) is 10.2. The van der Waals surface area contributed by atoms with E-state index in [0.29, 0.717) is 39.1 Å². The molecule has 0 spiro atoms. The molecule has 6 nitrogen and oxygen atoms in total. The fourth-order valence-corrected chi connectivity index (χ4v) is 3.70. The predicted molar refractivity (Wildman–Crippen MR) is 115 cm³/mol. The van der Waals surface area contributed by atoms with Crippen LogP contribution in [0.2, 0.25) is 5.02 Å². The molecule has 3 aromatic rings. The number of aryl methyl sites for hydroxylation is 2. The molecule has 2 heterocycles. The van der Waals surface area contributed by atoms with E-state index in [1.165, 1.54) is 11.3 Å². The zero-order valence-electron chi connectivity index (χ0n) is 16.2. The Morgan fingerprint density at radius 2 is 2.00 bits per heavy atom. The first-order valence-electron chi connectivity index (χ1n) is 8.95. The molecule has 0 fully saturated rings. The number of nitrogens with one attached hydrogen (secondary N) is 2. The van der Waals surface area contributed by atoms with Gasteiger partial charge < -0.3 is 10.6 Å². The van der Waals surface area contributed by atoms with Crippen LogP contribution in [0.1, 0.15) is 41.4 Å². The summed E-state index contributed by atoms with van der Waals surface area (Å²) in [5, 5.41) is 8.79.